The van der Waals surface area contributed by atoms with Crippen LogP contribution in [0.2, 0.25) is 0 Å². The molecule has 3 aromatic rings. The predicted octanol–water partition coefficient (Wildman–Crippen LogP) is 1.78. The van der Waals surface area contributed by atoms with Crippen molar-refractivity contribution >= 4 is 29.0 Å². The first kappa shape index (κ1) is 15.7. The fourth-order valence-electron chi connectivity index (χ4n) is 2.44. The van der Waals surface area contributed by atoms with E-state index >= 15 is 0 Å². The summed E-state index contributed by atoms with van der Waals surface area (Å²) in [6.07, 6.45) is 5.02. The first-order chi connectivity index (χ1) is 11.6. The van der Waals surface area contributed by atoms with Gasteiger partial charge >= 0.3 is 5.97 Å². The number of aryl methyl sites for hydroxylation is 1. The van der Waals surface area contributed by atoms with E-state index < -0.39 is 5.97 Å². The van der Waals surface area contributed by atoms with Crippen molar-refractivity contribution < 1.29 is 9.90 Å². The number of benzene rings is 1. The zero-order valence-electron chi connectivity index (χ0n) is 13.1. The number of nitrogens with zero attached hydrogens (tertiary/aromatic N) is 4. The lowest BCUT2D eigenvalue weighted by Gasteiger charge is -2.10. The molecular weight excluding hydrogens is 308 g/mol. The topological polar surface area (TPSA) is 90.0 Å². The number of carbonyl (C=O) groups is 1. The van der Waals surface area contributed by atoms with Crippen LogP contribution in [0.4, 0.5) is 0 Å². The Morgan fingerprint density at radius 3 is 2.75 bits per heavy atom. The molecule has 24 heavy (non-hydrogen) atoms. The largest absolute Gasteiger partial charge is 0.481 e. The molecule has 122 valence electrons. The predicted molar refractivity (Wildman–Crippen MR) is 90.4 cm³/mol. The number of aliphatic carboxylic acids is 1. The van der Waals surface area contributed by atoms with E-state index in [0.29, 0.717) is 16.7 Å². The van der Waals surface area contributed by atoms with Crippen molar-refractivity contribution in [1.82, 2.24) is 19.3 Å². The Balaban J connectivity index is 2.11. The highest BCUT2D eigenvalue weighted by Crippen LogP contribution is 2.11. The summed E-state index contributed by atoms with van der Waals surface area (Å²) < 4.78 is 3.08. The third-order valence-electron chi connectivity index (χ3n) is 3.70. The molecule has 0 radical (unpaired) electrons. The first-order valence-corrected chi connectivity index (χ1v) is 7.44. The lowest BCUT2D eigenvalue weighted by atomic mass is 10.2. The van der Waals surface area contributed by atoms with Crippen molar-refractivity contribution in [1.29, 1.82) is 0 Å². The minimum atomic E-state index is -0.961. The monoisotopic (exact) mass is 324 g/mol. The molecule has 0 aliphatic heterocycles. The molecule has 2 aromatic heterocycles. The maximum absolute atomic E-state index is 12.7. The lowest BCUT2D eigenvalue weighted by Crippen LogP contribution is -2.25. The van der Waals surface area contributed by atoms with E-state index in [1.54, 1.807) is 41.2 Å². The molecular formula is C17H16N4O3. The van der Waals surface area contributed by atoms with E-state index in [2.05, 4.69) is 10.1 Å². The van der Waals surface area contributed by atoms with Crippen molar-refractivity contribution in [3.8, 4) is 0 Å². The van der Waals surface area contributed by atoms with Crippen LogP contribution >= 0.6 is 0 Å². The molecule has 7 heteroatoms. The van der Waals surface area contributed by atoms with Gasteiger partial charge < -0.3 is 5.11 Å². The summed E-state index contributed by atoms with van der Waals surface area (Å²) in [4.78, 5) is 28.0. The molecule has 0 atom stereocenters. The van der Waals surface area contributed by atoms with Crippen LogP contribution in [0.5, 0.6) is 0 Å². The summed E-state index contributed by atoms with van der Waals surface area (Å²) in [5.41, 5.74) is 1.19. The molecule has 0 aliphatic carbocycles. The maximum atomic E-state index is 12.7. The normalized spacial score (nSPS) is 11.4. The van der Waals surface area contributed by atoms with E-state index in [4.69, 9.17) is 5.11 Å². The van der Waals surface area contributed by atoms with Gasteiger partial charge in [-0.05, 0) is 30.4 Å². The van der Waals surface area contributed by atoms with Crippen molar-refractivity contribution in [3.63, 3.8) is 0 Å². The number of hydrogen-bond acceptors (Lipinski definition) is 4. The maximum Gasteiger partial charge on any atom is 0.305 e. The Bertz CT molecular complexity index is 985. The molecule has 0 fully saturated rings. The molecule has 0 unspecified atom stereocenters. The van der Waals surface area contributed by atoms with Crippen LogP contribution < -0.4 is 5.56 Å². The van der Waals surface area contributed by atoms with Gasteiger partial charge in [-0.1, -0.05) is 12.1 Å². The molecule has 1 N–H and O–H groups in total. The molecule has 0 amide bonds. The zero-order valence-corrected chi connectivity index (χ0v) is 13.1. The van der Waals surface area contributed by atoms with Crippen LogP contribution in [0.3, 0.4) is 0 Å². The quantitative estimate of drug-likeness (QED) is 0.772. The second-order valence-corrected chi connectivity index (χ2v) is 5.30. The Morgan fingerprint density at radius 1 is 1.25 bits per heavy atom. The fourth-order valence-corrected chi connectivity index (χ4v) is 2.44. The second-order valence-electron chi connectivity index (χ2n) is 5.30. The second kappa shape index (κ2) is 6.49. The standard InChI is InChI=1S/C17H16N4O3/c1-20-12(8-10-18-20)6-7-15-19-14-5-3-2-4-13(14)17(24)21(15)11-9-16(22)23/h2-8,10H,9,11H2,1H3,(H,22,23)/b7-6+. The van der Waals surface area contributed by atoms with Gasteiger partial charge in [-0.25, -0.2) is 4.98 Å². The first-order valence-electron chi connectivity index (χ1n) is 7.44. The van der Waals surface area contributed by atoms with Gasteiger partial charge in [0.1, 0.15) is 5.82 Å². The summed E-state index contributed by atoms with van der Waals surface area (Å²) in [6, 6.07) is 8.86. The molecule has 7 nitrogen and oxygen atoms in total. The van der Waals surface area contributed by atoms with Crippen LogP contribution in [-0.4, -0.2) is 30.4 Å². The third kappa shape index (κ3) is 3.10. The van der Waals surface area contributed by atoms with Crippen molar-refractivity contribution in [2.24, 2.45) is 7.05 Å². The van der Waals surface area contributed by atoms with E-state index in [0.717, 1.165) is 5.69 Å². The van der Waals surface area contributed by atoms with Gasteiger partial charge in [0.25, 0.3) is 5.56 Å². The Morgan fingerprint density at radius 2 is 2.04 bits per heavy atom. The molecule has 0 bridgehead atoms. The summed E-state index contributed by atoms with van der Waals surface area (Å²) >= 11 is 0. The highest BCUT2D eigenvalue weighted by molar-refractivity contribution is 5.79. The van der Waals surface area contributed by atoms with Crippen LogP contribution in [0.1, 0.15) is 17.9 Å². The summed E-state index contributed by atoms with van der Waals surface area (Å²) in [6.45, 7) is 0.0665. The molecule has 1 aromatic carbocycles. The molecule has 0 spiro atoms. The number of hydrogen-bond donors (Lipinski definition) is 1. The van der Waals surface area contributed by atoms with Crippen LogP contribution in [0.25, 0.3) is 23.1 Å². The van der Waals surface area contributed by atoms with Crippen LogP contribution in [0.15, 0.2) is 41.3 Å². The third-order valence-corrected chi connectivity index (χ3v) is 3.70. The summed E-state index contributed by atoms with van der Waals surface area (Å²) in [5, 5.41) is 13.5. The Hall–Kier alpha value is -3.22. The van der Waals surface area contributed by atoms with E-state index in [9.17, 15) is 9.59 Å². The fraction of sp³-hybridized carbons (Fsp3) is 0.176. The summed E-state index contributed by atoms with van der Waals surface area (Å²) in [7, 11) is 1.81. The summed E-state index contributed by atoms with van der Waals surface area (Å²) in [5.74, 6) is -0.544. The van der Waals surface area contributed by atoms with Crippen molar-refractivity contribution in [3.05, 3.63) is 58.4 Å². The smallest absolute Gasteiger partial charge is 0.305 e. The Labute approximate surface area is 137 Å². The number of carboxylic acids is 1. The van der Waals surface area contributed by atoms with Gasteiger partial charge in [-0.15, -0.1) is 0 Å². The van der Waals surface area contributed by atoms with E-state index in [-0.39, 0.29) is 18.5 Å². The van der Waals surface area contributed by atoms with Crippen LogP contribution in [-0.2, 0) is 18.4 Å². The van der Waals surface area contributed by atoms with Gasteiger partial charge in [0.2, 0.25) is 0 Å². The highest BCUT2D eigenvalue weighted by atomic mass is 16.4. The van der Waals surface area contributed by atoms with Gasteiger partial charge in [-0.3, -0.25) is 18.8 Å². The number of rotatable bonds is 5. The van der Waals surface area contributed by atoms with Gasteiger partial charge in [0.05, 0.1) is 23.0 Å². The SMILES string of the molecule is Cn1nccc1/C=C/c1nc2ccccc2c(=O)n1CCC(=O)O. The molecule has 0 saturated heterocycles. The average molecular weight is 324 g/mol. The highest BCUT2D eigenvalue weighted by Gasteiger charge is 2.10. The van der Waals surface area contributed by atoms with Crippen molar-refractivity contribution in [2.75, 3.05) is 0 Å². The minimum Gasteiger partial charge on any atom is -0.481 e. The minimum absolute atomic E-state index is 0.0665. The number of aromatic nitrogens is 4. The zero-order chi connectivity index (χ0) is 17.1. The Kier molecular flexibility index (Phi) is 4.24. The van der Waals surface area contributed by atoms with E-state index in [1.165, 1.54) is 4.57 Å². The number of carboxylic acid groups (broad SMARTS) is 1. The number of para-hydroxylation sites is 1. The molecule has 3 rings (SSSR count). The number of fused-ring (bicyclic) bond motifs is 1. The van der Waals surface area contributed by atoms with Gasteiger partial charge in [0.15, 0.2) is 0 Å². The molecule has 2 heterocycles. The molecule has 0 aliphatic rings. The lowest BCUT2D eigenvalue weighted by molar-refractivity contribution is -0.137. The van der Waals surface area contributed by atoms with Gasteiger partial charge in [0, 0.05) is 19.8 Å². The molecule has 0 saturated carbocycles. The van der Waals surface area contributed by atoms with Crippen LogP contribution in [0, 0.1) is 0 Å². The van der Waals surface area contributed by atoms with Crippen molar-refractivity contribution in [2.45, 2.75) is 13.0 Å². The average Bonchev–Trinajstić information content (AvgIpc) is 2.97. The van der Waals surface area contributed by atoms with E-state index in [1.807, 2.05) is 19.2 Å². The van der Waals surface area contributed by atoms with Gasteiger partial charge in [-0.2, -0.15) is 5.10 Å².